The molecule has 0 saturated heterocycles. The van der Waals surface area contributed by atoms with Gasteiger partial charge in [-0.25, -0.2) is 4.68 Å². The summed E-state index contributed by atoms with van der Waals surface area (Å²) in [5.41, 5.74) is 2.06. The molecule has 0 saturated carbocycles. The normalized spacial score (nSPS) is 10.5. The number of benzene rings is 1. The molecule has 7 nitrogen and oxygen atoms in total. The third kappa shape index (κ3) is 2.81. The molecular formula is C14H13N5O2. The molecular weight excluding hydrogens is 270 g/mol. The molecule has 2 aromatic heterocycles. The fourth-order valence-electron chi connectivity index (χ4n) is 1.93. The van der Waals surface area contributed by atoms with Crippen molar-refractivity contribution < 1.29 is 9.32 Å². The van der Waals surface area contributed by atoms with Crippen LogP contribution in [-0.4, -0.2) is 26.1 Å². The van der Waals surface area contributed by atoms with E-state index in [2.05, 4.69) is 25.3 Å². The van der Waals surface area contributed by atoms with Crippen LogP contribution in [0.25, 0.3) is 0 Å². The number of nitrogens with one attached hydrogen (secondary N) is 1. The van der Waals surface area contributed by atoms with Crippen LogP contribution in [0.4, 0.5) is 5.82 Å². The second kappa shape index (κ2) is 5.58. The summed E-state index contributed by atoms with van der Waals surface area (Å²) >= 11 is 0. The van der Waals surface area contributed by atoms with E-state index < -0.39 is 0 Å². The van der Waals surface area contributed by atoms with Crippen LogP contribution in [-0.2, 0) is 6.54 Å². The average Bonchev–Trinajstić information content (AvgIpc) is 3.11. The molecule has 0 spiro atoms. The lowest BCUT2D eigenvalue weighted by Crippen LogP contribution is -2.14. The third-order valence-electron chi connectivity index (χ3n) is 3.05. The minimum Gasteiger partial charge on any atom is -0.363 e. The molecule has 0 radical (unpaired) electrons. The van der Waals surface area contributed by atoms with Gasteiger partial charge in [-0.05, 0) is 12.5 Å². The van der Waals surface area contributed by atoms with Gasteiger partial charge in [0.1, 0.15) is 6.26 Å². The van der Waals surface area contributed by atoms with E-state index in [-0.39, 0.29) is 11.6 Å². The number of amides is 1. The summed E-state index contributed by atoms with van der Waals surface area (Å²) < 4.78 is 6.35. The van der Waals surface area contributed by atoms with Gasteiger partial charge < -0.3 is 9.84 Å². The highest BCUT2D eigenvalue weighted by molar-refractivity contribution is 6.02. The summed E-state index contributed by atoms with van der Waals surface area (Å²) in [5.74, 6) is -0.0160. The molecule has 106 valence electrons. The molecule has 0 aliphatic rings. The highest BCUT2D eigenvalue weighted by Crippen LogP contribution is 2.10. The maximum atomic E-state index is 12.1. The lowest BCUT2D eigenvalue weighted by atomic mass is 10.2. The van der Waals surface area contributed by atoms with Gasteiger partial charge in [-0.1, -0.05) is 40.7 Å². The average molecular weight is 283 g/mol. The highest BCUT2D eigenvalue weighted by Gasteiger charge is 2.17. The van der Waals surface area contributed by atoms with Crippen LogP contribution in [0.15, 0.2) is 47.2 Å². The molecule has 3 aromatic rings. The first-order valence-electron chi connectivity index (χ1n) is 6.40. The number of carbonyl (C=O) groups is 1. The first-order valence-corrected chi connectivity index (χ1v) is 6.40. The van der Waals surface area contributed by atoms with Gasteiger partial charge in [-0.2, -0.15) is 0 Å². The molecule has 21 heavy (non-hydrogen) atoms. The number of hydrogen-bond acceptors (Lipinski definition) is 5. The Morgan fingerprint density at radius 1 is 1.29 bits per heavy atom. The van der Waals surface area contributed by atoms with Crippen LogP contribution in [0, 0.1) is 6.92 Å². The summed E-state index contributed by atoms with van der Waals surface area (Å²) in [6, 6.07) is 11.4. The second-order valence-electron chi connectivity index (χ2n) is 4.51. The van der Waals surface area contributed by atoms with E-state index in [0.29, 0.717) is 18.1 Å². The molecule has 2 heterocycles. The van der Waals surface area contributed by atoms with E-state index in [1.165, 1.54) is 6.26 Å². The molecule has 0 unspecified atom stereocenters. The van der Waals surface area contributed by atoms with Crippen molar-refractivity contribution in [2.24, 2.45) is 0 Å². The Labute approximate surface area is 120 Å². The first kappa shape index (κ1) is 13.0. The minimum absolute atomic E-state index is 0.272. The number of hydrogen-bond donors (Lipinski definition) is 1. The van der Waals surface area contributed by atoms with Gasteiger partial charge in [0.2, 0.25) is 0 Å². The van der Waals surface area contributed by atoms with E-state index in [4.69, 9.17) is 0 Å². The smallest absolute Gasteiger partial charge is 0.279 e. The molecule has 0 atom stereocenters. The van der Waals surface area contributed by atoms with E-state index in [1.54, 1.807) is 17.7 Å². The molecule has 0 aliphatic carbocycles. The zero-order chi connectivity index (χ0) is 14.7. The Bertz CT molecular complexity index is 734. The fraction of sp³-hybridized carbons (Fsp3) is 0.143. The van der Waals surface area contributed by atoms with Crippen LogP contribution < -0.4 is 5.32 Å². The van der Waals surface area contributed by atoms with Gasteiger partial charge in [0, 0.05) is 6.07 Å². The summed E-state index contributed by atoms with van der Waals surface area (Å²) in [7, 11) is 0. The summed E-state index contributed by atoms with van der Waals surface area (Å²) in [4.78, 5) is 12.1. The third-order valence-corrected chi connectivity index (χ3v) is 3.05. The lowest BCUT2D eigenvalue weighted by molar-refractivity contribution is 0.102. The van der Waals surface area contributed by atoms with Crippen molar-refractivity contribution in [3.05, 3.63) is 59.6 Å². The first-order chi connectivity index (χ1) is 10.2. The van der Waals surface area contributed by atoms with Crippen molar-refractivity contribution in [3.63, 3.8) is 0 Å². The Morgan fingerprint density at radius 2 is 2.10 bits per heavy atom. The van der Waals surface area contributed by atoms with E-state index >= 15 is 0 Å². The number of nitrogens with zero attached hydrogens (tertiary/aromatic N) is 4. The van der Waals surface area contributed by atoms with Crippen molar-refractivity contribution in [1.82, 2.24) is 20.2 Å². The van der Waals surface area contributed by atoms with Crippen LogP contribution in [0.2, 0.25) is 0 Å². The maximum Gasteiger partial charge on any atom is 0.279 e. The highest BCUT2D eigenvalue weighted by atomic mass is 16.5. The van der Waals surface area contributed by atoms with E-state index in [0.717, 1.165) is 5.56 Å². The SMILES string of the molecule is Cc1c(C(=O)Nc2ccon2)nnn1Cc1ccccc1. The Hall–Kier alpha value is -2.96. The largest absolute Gasteiger partial charge is 0.363 e. The molecule has 1 amide bonds. The number of rotatable bonds is 4. The summed E-state index contributed by atoms with van der Waals surface area (Å²) in [6.45, 7) is 2.37. The van der Waals surface area contributed by atoms with Gasteiger partial charge in [0.05, 0.1) is 12.2 Å². The number of anilines is 1. The molecule has 0 bridgehead atoms. The van der Waals surface area contributed by atoms with Gasteiger partial charge in [0.25, 0.3) is 5.91 Å². The minimum atomic E-state index is -0.360. The second-order valence-corrected chi connectivity index (χ2v) is 4.51. The Morgan fingerprint density at radius 3 is 2.81 bits per heavy atom. The summed E-state index contributed by atoms with van der Waals surface area (Å²) in [5, 5.41) is 14.2. The van der Waals surface area contributed by atoms with Gasteiger partial charge >= 0.3 is 0 Å². The fourth-order valence-corrected chi connectivity index (χ4v) is 1.93. The van der Waals surface area contributed by atoms with E-state index in [9.17, 15) is 4.79 Å². The number of carbonyl (C=O) groups excluding carboxylic acids is 1. The maximum absolute atomic E-state index is 12.1. The number of aromatic nitrogens is 4. The van der Waals surface area contributed by atoms with Crippen LogP contribution in [0.5, 0.6) is 0 Å². The van der Waals surface area contributed by atoms with Crippen molar-refractivity contribution in [3.8, 4) is 0 Å². The molecule has 7 heteroatoms. The topological polar surface area (TPSA) is 85.8 Å². The van der Waals surface area contributed by atoms with Gasteiger partial charge in [-0.15, -0.1) is 5.10 Å². The van der Waals surface area contributed by atoms with Crippen molar-refractivity contribution >= 4 is 11.7 Å². The van der Waals surface area contributed by atoms with Gasteiger partial charge in [-0.3, -0.25) is 4.79 Å². The van der Waals surface area contributed by atoms with Crippen molar-refractivity contribution in [2.75, 3.05) is 5.32 Å². The van der Waals surface area contributed by atoms with Crippen molar-refractivity contribution in [1.29, 1.82) is 0 Å². The van der Waals surface area contributed by atoms with Crippen LogP contribution >= 0.6 is 0 Å². The zero-order valence-corrected chi connectivity index (χ0v) is 11.4. The molecule has 1 N–H and O–H groups in total. The standard InChI is InChI=1S/C14H13N5O2/c1-10-13(14(20)15-12-7-8-21-17-12)16-18-19(10)9-11-5-3-2-4-6-11/h2-8H,9H2,1H3,(H,15,17,20). The summed E-state index contributed by atoms with van der Waals surface area (Å²) in [6.07, 6.45) is 1.38. The monoisotopic (exact) mass is 283 g/mol. The van der Waals surface area contributed by atoms with Gasteiger partial charge in [0.15, 0.2) is 11.5 Å². The Kier molecular flexibility index (Phi) is 3.46. The molecule has 3 rings (SSSR count). The van der Waals surface area contributed by atoms with Crippen LogP contribution in [0.1, 0.15) is 21.7 Å². The molecule has 0 aliphatic heterocycles. The predicted octanol–water partition coefficient (Wildman–Crippen LogP) is 1.88. The quantitative estimate of drug-likeness (QED) is 0.790. The molecule has 1 aromatic carbocycles. The lowest BCUT2D eigenvalue weighted by Gasteiger charge is -2.03. The Balaban J connectivity index is 1.77. The van der Waals surface area contributed by atoms with Crippen LogP contribution in [0.3, 0.4) is 0 Å². The predicted molar refractivity (Wildman–Crippen MR) is 74.8 cm³/mol. The zero-order valence-electron chi connectivity index (χ0n) is 11.4. The van der Waals surface area contributed by atoms with E-state index in [1.807, 2.05) is 30.3 Å². The molecule has 0 fully saturated rings. The van der Waals surface area contributed by atoms with Crippen molar-refractivity contribution in [2.45, 2.75) is 13.5 Å².